The number of rotatable bonds is 11. The average Bonchev–Trinajstić information content (AvgIpc) is 3.70. The number of hydrogen-bond acceptors (Lipinski definition) is 12. The van der Waals surface area contributed by atoms with Gasteiger partial charge < -0.3 is 30.5 Å². The van der Waals surface area contributed by atoms with E-state index < -0.39 is 40.8 Å². The molecule has 3 N–H and O–H groups in total. The number of nitrogens with two attached hydrogens (primary N) is 1. The summed E-state index contributed by atoms with van der Waals surface area (Å²) in [6, 6.07) is 20.7. The van der Waals surface area contributed by atoms with Gasteiger partial charge in [0.1, 0.15) is 29.4 Å². The molecule has 2 aliphatic heterocycles. The van der Waals surface area contributed by atoms with Gasteiger partial charge in [0.15, 0.2) is 35.4 Å². The SMILES string of the molecule is CC(C)(O/N=C(\C(=O)N[C@@H]1C(=O)N2C(C(=O)OCC3c4ccccc4-c4ccccc43)=C(C[n+]3ccccc3)CS[C@H]12)c1csc(N)n1)C(=O)[O-]. The number of aliphatic carboxylic acids is 1. The molecule has 2 aromatic heterocycles. The van der Waals surface area contributed by atoms with Crippen LogP contribution in [-0.4, -0.2) is 68.7 Å². The summed E-state index contributed by atoms with van der Waals surface area (Å²) in [5.41, 5.74) is 8.72. The maximum absolute atomic E-state index is 14.1. The molecule has 0 radical (unpaired) electrons. The van der Waals surface area contributed by atoms with Crippen LogP contribution in [0.15, 0.2) is 101 Å². The van der Waals surface area contributed by atoms with Gasteiger partial charge in [-0.05, 0) is 36.1 Å². The summed E-state index contributed by atoms with van der Waals surface area (Å²) in [4.78, 5) is 63.7. The number of esters is 1. The Morgan fingerprint density at radius 3 is 2.35 bits per heavy atom. The minimum absolute atomic E-state index is 0.0328. The zero-order chi connectivity index (χ0) is 35.9. The van der Waals surface area contributed by atoms with E-state index in [1.165, 1.54) is 35.9 Å². The molecule has 13 nitrogen and oxygen atoms in total. The number of nitrogens with one attached hydrogen (secondary N) is 1. The average molecular weight is 725 g/mol. The number of amides is 2. The third-order valence-electron chi connectivity index (χ3n) is 8.86. The number of aromatic nitrogens is 2. The van der Waals surface area contributed by atoms with Gasteiger partial charge in [0.2, 0.25) is 0 Å². The Morgan fingerprint density at radius 1 is 1.06 bits per heavy atom. The summed E-state index contributed by atoms with van der Waals surface area (Å²) >= 11 is 2.43. The van der Waals surface area contributed by atoms with Crippen molar-refractivity contribution in [2.45, 2.75) is 43.3 Å². The summed E-state index contributed by atoms with van der Waals surface area (Å²) in [5.74, 6) is -3.34. The second kappa shape index (κ2) is 13.6. The zero-order valence-corrected chi connectivity index (χ0v) is 29.1. The van der Waals surface area contributed by atoms with E-state index in [4.69, 9.17) is 15.3 Å². The number of anilines is 1. The van der Waals surface area contributed by atoms with Crippen LogP contribution in [0.4, 0.5) is 5.13 Å². The van der Waals surface area contributed by atoms with Crippen molar-refractivity contribution in [3.05, 3.63) is 113 Å². The fraction of sp³-hybridized carbons (Fsp3) is 0.250. The number of thioether (sulfide) groups is 1. The van der Waals surface area contributed by atoms with Gasteiger partial charge in [0.25, 0.3) is 11.8 Å². The van der Waals surface area contributed by atoms with Gasteiger partial charge >= 0.3 is 5.97 Å². The Bertz CT molecular complexity index is 2070. The fourth-order valence-electron chi connectivity index (χ4n) is 6.23. The number of benzene rings is 2. The molecule has 0 saturated carbocycles. The number of oxime groups is 1. The third kappa shape index (κ3) is 6.45. The number of carboxylic acids is 1. The van der Waals surface area contributed by atoms with Crippen LogP contribution in [0.2, 0.25) is 0 Å². The quantitative estimate of drug-likeness (QED) is 0.0764. The van der Waals surface area contributed by atoms with Crippen LogP contribution in [0.3, 0.4) is 0 Å². The smallest absolute Gasteiger partial charge is 0.355 e. The molecule has 2 amide bonds. The minimum atomic E-state index is -1.87. The molecule has 0 spiro atoms. The maximum atomic E-state index is 14.1. The van der Waals surface area contributed by atoms with Crippen molar-refractivity contribution in [2.75, 3.05) is 18.1 Å². The first-order valence-electron chi connectivity index (χ1n) is 16.0. The topological polar surface area (TPSA) is 180 Å². The van der Waals surface area contributed by atoms with Crippen LogP contribution in [0.5, 0.6) is 0 Å². The van der Waals surface area contributed by atoms with Crippen LogP contribution in [0, 0.1) is 0 Å². The minimum Gasteiger partial charge on any atom is -0.546 e. The lowest BCUT2D eigenvalue weighted by atomic mass is 9.98. The Morgan fingerprint density at radius 2 is 1.73 bits per heavy atom. The molecule has 1 saturated heterocycles. The number of nitrogens with zero attached hydrogens (tertiary/aromatic N) is 4. The predicted octanol–water partition coefficient (Wildman–Crippen LogP) is 1.97. The molecule has 15 heteroatoms. The summed E-state index contributed by atoms with van der Waals surface area (Å²) in [5, 5.41) is 18.9. The van der Waals surface area contributed by atoms with Crippen LogP contribution < -0.4 is 20.7 Å². The lowest BCUT2D eigenvalue weighted by Gasteiger charge is -2.49. The van der Waals surface area contributed by atoms with Crippen molar-refractivity contribution in [2.24, 2.45) is 5.16 Å². The molecule has 2 aromatic carbocycles. The molecule has 3 aliphatic rings. The van der Waals surface area contributed by atoms with Crippen molar-refractivity contribution in [3.8, 4) is 11.1 Å². The van der Waals surface area contributed by atoms with Crippen LogP contribution in [0.25, 0.3) is 11.1 Å². The highest BCUT2D eigenvalue weighted by molar-refractivity contribution is 8.00. The second-order valence-corrected chi connectivity index (χ2v) is 14.6. The molecule has 4 heterocycles. The van der Waals surface area contributed by atoms with Crippen molar-refractivity contribution in [3.63, 3.8) is 0 Å². The zero-order valence-electron chi connectivity index (χ0n) is 27.5. The van der Waals surface area contributed by atoms with E-state index in [0.29, 0.717) is 17.9 Å². The molecule has 1 fully saturated rings. The highest BCUT2D eigenvalue weighted by atomic mass is 32.2. The van der Waals surface area contributed by atoms with Crippen LogP contribution >= 0.6 is 23.1 Å². The number of ether oxygens (including phenoxy) is 1. The van der Waals surface area contributed by atoms with Gasteiger partial charge in [-0.3, -0.25) is 14.5 Å². The van der Waals surface area contributed by atoms with Gasteiger partial charge in [-0.15, -0.1) is 23.1 Å². The molecule has 0 unspecified atom stereocenters. The molecule has 0 bridgehead atoms. The Hall–Kier alpha value is -5.54. The van der Waals surface area contributed by atoms with Crippen molar-refractivity contribution in [1.82, 2.24) is 15.2 Å². The maximum Gasteiger partial charge on any atom is 0.355 e. The number of carbonyl (C=O) groups excluding carboxylic acids is 4. The number of β-lactam (4-membered cyclic amide) rings is 1. The van der Waals surface area contributed by atoms with Crippen molar-refractivity contribution in [1.29, 1.82) is 0 Å². The standard InChI is InChI=1S/C36H32N6O7S2/c1-36(2,34(46)47)49-40-27(26-19-51-35(37)38-26)30(43)39-28-31(44)42-29(20(18-50-32(28)42)16-41-14-8-3-9-15-41)33(45)48-17-25-23-12-6-4-10-21(23)22-11-5-7-13-24(22)25/h3-15,19,25,28,32H,16-18H2,1-2H3,(H3-,37,38,39,43,46,47)/b40-27-/t28-,32-/m1/s1. The van der Waals surface area contributed by atoms with Crippen LogP contribution in [-0.2, 0) is 35.3 Å². The molecular formula is C36H32N6O7S2. The molecular weight excluding hydrogens is 693 g/mol. The summed E-state index contributed by atoms with van der Waals surface area (Å²) in [6.07, 6.45) is 3.74. The molecule has 2 atom stereocenters. The molecule has 51 heavy (non-hydrogen) atoms. The van der Waals surface area contributed by atoms with E-state index in [-0.39, 0.29) is 34.8 Å². The first kappa shape index (κ1) is 33.9. The van der Waals surface area contributed by atoms with Crippen molar-refractivity contribution < 1.29 is 38.4 Å². The van der Waals surface area contributed by atoms with Crippen LogP contribution in [0.1, 0.15) is 36.6 Å². The van der Waals surface area contributed by atoms with Gasteiger partial charge in [-0.2, -0.15) is 0 Å². The van der Waals surface area contributed by atoms with E-state index >= 15 is 0 Å². The van der Waals surface area contributed by atoms with Gasteiger partial charge in [0, 0.05) is 34.8 Å². The Labute approximate surface area is 300 Å². The van der Waals surface area contributed by atoms with Gasteiger partial charge in [0.05, 0.1) is 5.97 Å². The highest BCUT2D eigenvalue weighted by Gasteiger charge is 2.55. The highest BCUT2D eigenvalue weighted by Crippen LogP contribution is 2.45. The van der Waals surface area contributed by atoms with Gasteiger partial charge in [-0.25, -0.2) is 14.3 Å². The van der Waals surface area contributed by atoms with Crippen molar-refractivity contribution >= 4 is 57.7 Å². The van der Waals surface area contributed by atoms with E-state index in [9.17, 15) is 24.3 Å². The lowest BCUT2D eigenvalue weighted by molar-refractivity contribution is -0.689. The molecule has 260 valence electrons. The number of thiazole rings is 1. The number of fused-ring (bicyclic) bond motifs is 4. The van der Waals surface area contributed by atoms with E-state index in [2.05, 4.69) is 27.6 Å². The number of pyridine rings is 1. The number of carboxylic acid groups (broad SMARTS) is 1. The molecule has 1 aliphatic carbocycles. The lowest BCUT2D eigenvalue weighted by Crippen LogP contribution is -2.71. The monoisotopic (exact) mass is 724 g/mol. The third-order valence-corrected chi connectivity index (χ3v) is 10.9. The van der Waals surface area contributed by atoms with Gasteiger partial charge in [-0.1, -0.05) is 59.8 Å². The fourth-order valence-corrected chi connectivity index (χ4v) is 8.11. The predicted molar refractivity (Wildman–Crippen MR) is 187 cm³/mol. The first-order valence-corrected chi connectivity index (χ1v) is 17.9. The Kier molecular flexibility index (Phi) is 9.08. The molecule has 4 aromatic rings. The summed E-state index contributed by atoms with van der Waals surface area (Å²) in [7, 11) is 0. The van der Waals surface area contributed by atoms with E-state index in [0.717, 1.165) is 33.6 Å². The molecule has 7 rings (SSSR count). The van der Waals surface area contributed by atoms with E-state index in [1.54, 1.807) is 0 Å². The van der Waals surface area contributed by atoms with E-state index in [1.807, 2.05) is 71.6 Å². The Balaban J connectivity index is 1.14. The summed E-state index contributed by atoms with van der Waals surface area (Å²) < 4.78 is 7.95. The number of nitrogen functional groups attached to an aromatic ring is 1. The summed E-state index contributed by atoms with van der Waals surface area (Å²) in [6.45, 7) is 2.84. The largest absolute Gasteiger partial charge is 0.546 e. The number of carbonyl (C=O) groups is 4. The second-order valence-electron chi connectivity index (χ2n) is 12.6. The first-order chi connectivity index (χ1) is 24.5. The number of hydrogen-bond donors (Lipinski definition) is 2. The normalized spacial score (nSPS) is 18.4.